The molecule has 1 heterocycles. The van der Waals surface area contributed by atoms with Crippen LogP contribution in [0.2, 0.25) is 5.02 Å². The van der Waals surface area contributed by atoms with Crippen molar-refractivity contribution in [1.82, 2.24) is 4.98 Å². The van der Waals surface area contributed by atoms with Gasteiger partial charge in [-0.1, -0.05) is 11.6 Å². The topological polar surface area (TPSA) is 66.6 Å². The summed E-state index contributed by atoms with van der Waals surface area (Å²) in [5, 5.41) is 0.552. The highest BCUT2D eigenvalue weighted by Crippen LogP contribution is 2.18. The van der Waals surface area contributed by atoms with Gasteiger partial charge in [0.2, 0.25) is 5.88 Å². The highest BCUT2D eigenvalue weighted by atomic mass is 35.5. The molecule has 0 unspecified atom stereocenters. The maximum absolute atomic E-state index is 5.88. The number of rotatable bonds is 8. The molecular weight excluding hydrogens is 244 g/mol. The molecule has 0 atom stereocenters. The largest absolute Gasteiger partial charge is 0.475 e. The van der Waals surface area contributed by atoms with Crippen molar-refractivity contribution >= 4 is 11.6 Å². The summed E-state index contributed by atoms with van der Waals surface area (Å²) < 4.78 is 15.5. The Hall–Kier alpha value is -0.880. The minimum atomic E-state index is 0.363. The third-order valence-corrected chi connectivity index (χ3v) is 2.38. The first-order valence-electron chi connectivity index (χ1n) is 5.32. The summed E-state index contributed by atoms with van der Waals surface area (Å²) in [5.74, 6) is 0.505. The maximum Gasteiger partial charge on any atom is 0.213 e. The Balaban J connectivity index is 2.27. The Bertz CT molecular complexity index is 336. The molecule has 2 N–H and O–H groups in total. The fourth-order valence-electron chi connectivity index (χ4n) is 1.14. The van der Waals surface area contributed by atoms with Gasteiger partial charge >= 0.3 is 0 Å². The number of nitrogens with zero attached hydrogens (tertiary/aromatic N) is 1. The van der Waals surface area contributed by atoms with Gasteiger partial charge < -0.3 is 19.9 Å². The highest BCUT2D eigenvalue weighted by molar-refractivity contribution is 6.31. The van der Waals surface area contributed by atoms with Crippen LogP contribution in [-0.2, 0) is 16.0 Å². The predicted octanol–water partition coefficient (Wildman–Crippen LogP) is 1.24. The molecule has 1 aromatic rings. The first-order valence-corrected chi connectivity index (χ1v) is 5.69. The van der Waals surface area contributed by atoms with E-state index in [4.69, 9.17) is 31.5 Å². The second kappa shape index (κ2) is 8.25. The molecule has 17 heavy (non-hydrogen) atoms. The fraction of sp³-hybridized carbons (Fsp3) is 0.545. The van der Waals surface area contributed by atoms with Crippen molar-refractivity contribution in [2.45, 2.75) is 6.54 Å². The van der Waals surface area contributed by atoms with Gasteiger partial charge in [0.1, 0.15) is 6.61 Å². The molecule has 0 amide bonds. The number of pyridine rings is 1. The van der Waals surface area contributed by atoms with Gasteiger partial charge in [-0.15, -0.1) is 0 Å². The molecule has 0 aliphatic carbocycles. The highest BCUT2D eigenvalue weighted by Gasteiger charge is 2.02. The first kappa shape index (κ1) is 14.2. The van der Waals surface area contributed by atoms with E-state index in [9.17, 15) is 0 Å². The number of hydrogen-bond donors (Lipinski definition) is 1. The summed E-state index contributed by atoms with van der Waals surface area (Å²) in [6.07, 6.45) is 1.53. The van der Waals surface area contributed by atoms with Crippen LogP contribution in [0.4, 0.5) is 0 Å². The molecule has 96 valence electrons. The lowest BCUT2D eigenvalue weighted by Crippen LogP contribution is -2.11. The van der Waals surface area contributed by atoms with Crippen LogP contribution in [0.15, 0.2) is 12.3 Å². The van der Waals surface area contributed by atoms with E-state index in [1.807, 2.05) is 0 Å². The van der Waals surface area contributed by atoms with E-state index in [1.165, 1.54) is 6.20 Å². The Morgan fingerprint density at radius 2 is 2.06 bits per heavy atom. The van der Waals surface area contributed by atoms with E-state index in [-0.39, 0.29) is 0 Å². The predicted molar refractivity (Wildman–Crippen MR) is 65.3 cm³/mol. The van der Waals surface area contributed by atoms with Crippen molar-refractivity contribution < 1.29 is 14.2 Å². The second-order valence-corrected chi connectivity index (χ2v) is 3.68. The SMILES string of the molecule is COCCOCCOc1cc(CN)c(Cl)cn1. The van der Waals surface area contributed by atoms with Crippen LogP contribution in [0.5, 0.6) is 5.88 Å². The molecule has 0 radical (unpaired) electrons. The number of ether oxygens (including phenoxy) is 3. The average Bonchev–Trinajstić information content (AvgIpc) is 2.35. The summed E-state index contributed by atoms with van der Waals surface area (Å²) in [4.78, 5) is 4.03. The van der Waals surface area contributed by atoms with E-state index in [0.717, 1.165) is 5.56 Å². The van der Waals surface area contributed by atoms with Crippen molar-refractivity contribution in [3.05, 3.63) is 22.8 Å². The molecule has 6 heteroatoms. The summed E-state index contributed by atoms with van der Waals surface area (Å²) in [5.41, 5.74) is 6.34. The van der Waals surface area contributed by atoms with Crippen molar-refractivity contribution in [2.75, 3.05) is 33.5 Å². The van der Waals surface area contributed by atoms with Gasteiger partial charge in [0, 0.05) is 25.9 Å². The molecule has 5 nitrogen and oxygen atoms in total. The molecular formula is C11H17ClN2O3. The minimum absolute atomic E-state index is 0.363. The molecule has 0 bridgehead atoms. The van der Waals surface area contributed by atoms with Crippen molar-refractivity contribution in [2.24, 2.45) is 5.73 Å². The Kier molecular flexibility index (Phi) is 6.88. The molecule has 0 aromatic carbocycles. The molecule has 0 fully saturated rings. The van der Waals surface area contributed by atoms with Crippen LogP contribution in [-0.4, -0.2) is 38.5 Å². The second-order valence-electron chi connectivity index (χ2n) is 3.27. The zero-order valence-electron chi connectivity index (χ0n) is 9.82. The van der Waals surface area contributed by atoms with Gasteiger partial charge in [0.15, 0.2) is 0 Å². The van der Waals surface area contributed by atoms with Gasteiger partial charge in [-0.25, -0.2) is 4.98 Å². The number of methoxy groups -OCH3 is 1. The normalized spacial score (nSPS) is 10.5. The van der Waals surface area contributed by atoms with Crippen molar-refractivity contribution in [3.63, 3.8) is 0 Å². The van der Waals surface area contributed by atoms with Crippen LogP contribution >= 0.6 is 11.6 Å². The molecule has 0 aliphatic heterocycles. The zero-order chi connectivity index (χ0) is 12.5. The van der Waals surface area contributed by atoms with Crippen LogP contribution in [0, 0.1) is 0 Å². The van der Waals surface area contributed by atoms with Crippen LogP contribution in [0.25, 0.3) is 0 Å². The maximum atomic E-state index is 5.88. The zero-order valence-corrected chi connectivity index (χ0v) is 10.6. The van der Waals surface area contributed by atoms with Gasteiger partial charge in [-0.3, -0.25) is 0 Å². The standard InChI is InChI=1S/C11H17ClN2O3/c1-15-2-3-16-4-5-17-11-6-9(7-13)10(12)8-14-11/h6,8H,2-5,7,13H2,1H3. The van der Waals surface area contributed by atoms with Gasteiger partial charge in [-0.2, -0.15) is 0 Å². The lowest BCUT2D eigenvalue weighted by atomic mass is 10.3. The summed E-state index contributed by atoms with van der Waals surface area (Å²) in [7, 11) is 1.63. The van der Waals surface area contributed by atoms with Crippen LogP contribution in [0.3, 0.4) is 0 Å². The van der Waals surface area contributed by atoms with Gasteiger partial charge in [0.05, 0.1) is 24.8 Å². The first-order chi connectivity index (χ1) is 8.27. The Morgan fingerprint density at radius 3 is 2.76 bits per heavy atom. The monoisotopic (exact) mass is 260 g/mol. The average molecular weight is 261 g/mol. The lowest BCUT2D eigenvalue weighted by molar-refractivity contribution is 0.0537. The van der Waals surface area contributed by atoms with E-state index in [1.54, 1.807) is 13.2 Å². The molecule has 0 aliphatic rings. The van der Waals surface area contributed by atoms with Crippen LogP contribution < -0.4 is 10.5 Å². The Labute approximate surface area is 106 Å². The number of hydrogen-bond acceptors (Lipinski definition) is 5. The molecule has 1 aromatic heterocycles. The fourth-order valence-corrected chi connectivity index (χ4v) is 1.32. The van der Waals surface area contributed by atoms with E-state index >= 15 is 0 Å². The van der Waals surface area contributed by atoms with E-state index in [2.05, 4.69) is 4.98 Å². The Morgan fingerprint density at radius 1 is 1.29 bits per heavy atom. The summed E-state index contributed by atoms with van der Waals surface area (Å²) in [6.45, 7) is 2.43. The molecule has 0 saturated carbocycles. The number of nitrogens with two attached hydrogens (primary N) is 1. The number of aromatic nitrogens is 1. The molecule has 0 spiro atoms. The summed E-state index contributed by atoms with van der Waals surface area (Å²) in [6, 6.07) is 1.73. The van der Waals surface area contributed by atoms with Crippen molar-refractivity contribution in [3.8, 4) is 5.88 Å². The third-order valence-electron chi connectivity index (χ3n) is 2.04. The quantitative estimate of drug-likeness (QED) is 0.713. The van der Waals surface area contributed by atoms with Crippen LogP contribution in [0.1, 0.15) is 5.56 Å². The van der Waals surface area contributed by atoms with Crippen molar-refractivity contribution in [1.29, 1.82) is 0 Å². The van der Waals surface area contributed by atoms with Gasteiger partial charge in [-0.05, 0) is 5.56 Å². The molecule has 1 rings (SSSR count). The van der Waals surface area contributed by atoms with E-state index < -0.39 is 0 Å². The number of halogens is 1. The van der Waals surface area contributed by atoms with E-state index in [0.29, 0.717) is 43.9 Å². The smallest absolute Gasteiger partial charge is 0.213 e. The lowest BCUT2D eigenvalue weighted by Gasteiger charge is -2.08. The third kappa shape index (κ3) is 5.32. The molecule has 0 saturated heterocycles. The van der Waals surface area contributed by atoms with Gasteiger partial charge in [0.25, 0.3) is 0 Å². The minimum Gasteiger partial charge on any atom is -0.475 e. The summed E-state index contributed by atoms with van der Waals surface area (Å²) >= 11 is 5.88.